The van der Waals surface area contributed by atoms with Crippen LogP contribution in [0.5, 0.6) is 0 Å². The molecule has 5 heterocycles. The molecule has 0 saturated carbocycles. The van der Waals surface area contributed by atoms with Gasteiger partial charge >= 0.3 is 0 Å². The highest BCUT2D eigenvalue weighted by Crippen LogP contribution is 2.35. The summed E-state index contributed by atoms with van der Waals surface area (Å²) in [5, 5.41) is 2.37. The molecule has 4 aliphatic rings. The third kappa shape index (κ3) is 5.32. The second-order valence-electron chi connectivity index (χ2n) is 11.2. The summed E-state index contributed by atoms with van der Waals surface area (Å²) in [6.45, 7) is 4.75. The van der Waals surface area contributed by atoms with Crippen molar-refractivity contribution < 1.29 is 23.9 Å². The molecule has 1 aromatic heterocycles. The van der Waals surface area contributed by atoms with E-state index in [0.717, 1.165) is 81.8 Å². The van der Waals surface area contributed by atoms with E-state index in [0.29, 0.717) is 30.0 Å². The van der Waals surface area contributed by atoms with Crippen molar-refractivity contribution in [2.45, 2.75) is 57.2 Å². The molecule has 1 aromatic carbocycles. The molecule has 6 rings (SSSR count). The van der Waals surface area contributed by atoms with Crippen molar-refractivity contribution >= 4 is 35.5 Å². The van der Waals surface area contributed by atoms with Gasteiger partial charge in [0.2, 0.25) is 11.8 Å². The lowest BCUT2D eigenvalue weighted by atomic mass is 9.97. The number of aldehydes is 1. The molecule has 4 aliphatic heterocycles. The highest BCUT2D eigenvalue weighted by atomic mass is 16.5. The van der Waals surface area contributed by atoms with Crippen LogP contribution in [0.4, 0.5) is 11.5 Å². The summed E-state index contributed by atoms with van der Waals surface area (Å²) in [5.41, 5.74) is 3.28. The average Bonchev–Trinajstić information content (AvgIpc) is 3.33. The Bertz CT molecular complexity index is 1280. The summed E-state index contributed by atoms with van der Waals surface area (Å²) in [5.74, 6) is 0.662. The smallest absolute Gasteiger partial charge is 0.255 e. The summed E-state index contributed by atoms with van der Waals surface area (Å²) < 4.78 is 6.37. The van der Waals surface area contributed by atoms with Crippen molar-refractivity contribution in [3.63, 3.8) is 0 Å². The molecule has 0 radical (unpaired) electrons. The molecule has 0 aliphatic carbocycles. The van der Waals surface area contributed by atoms with Gasteiger partial charge in [-0.3, -0.25) is 24.5 Å². The van der Waals surface area contributed by atoms with Crippen molar-refractivity contribution in [1.29, 1.82) is 0 Å². The van der Waals surface area contributed by atoms with E-state index < -0.39 is 6.04 Å². The standard InChI is InChI=1S/C30H35N5O5/c36-18-21-4-6-27(31-16-21)34-12-8-20(9-13-34)19-40-22-10-14-33(15-11-22)25-3-1-2-23-24(25)17-35(30(23)39)26-5-7-28(37)32-29(26)38/h1-4,6,16,18,20,22,26H,5,7-15,17,19H2,(H,32,37,38). The minimum Gasteiger partial charge on any atom is -0.378 e. The SMILES string of the molecule is O=Cc1ccc(N2CCC(COC3CCN(c4cccc5c4CN(C4CCC(=O)NC4=O)C5=O)CC3)CC2)nc1. The first-order valence-electron chi connectivity index (χ1n) is 14.3. The van der Waals surface area contributed by atoms with Gasteiger partial charge in [-0.2, -0.15) is 0 Å². The normalized spacial score (nSPS) is 22.4. The number of hydrogen-bond donors (Lipinski definition) is 1. The summed E-state index contributed by atoms with van der Waals surface area (Å²) in [7, 11) is 0. The van der Waals surface area contributed by atoms with E-state index >= 15 is 0 Å². The van der Waals surface area contributed by atoms with E-state index in [-0.39, 0.29) is 30.2 Å². The van der Waals surface area contributed by atoms with Crippen molar-refractivity contribution in [2.75, 3.05) is 42.6 Å². The van der Waals surface area contributed by atoms with E-state index in [1.54, 1.807) is 11.1 Å². The van der Waals surface area contributed by atoms with Crippen molar-refractivity contribution in [1.82, 2.24) is 15.2 Å². The van der Waals surface area contributed by atoms with E-state index in [4.69, 9.17) is 4.74 Å². The topological polar surface area (TPSA) is 112 Å². The largest absolute Gasteiger partial charge is 0.378 e. The van der Waals surface area contributed by atoms with E-state index in [2.05, 4.69) is 26.2 Å². The zero-order valence-electron chi connectivity index (χ0n) is 22.6. The minimum atomic E-state index is -0.601. The van der Waals surface area contributed by atoms with Crippen molar-refractivity contribution in [3.8, 4) is 0 Å². The highest BCUT2D eigenvalue weighted by molar-refractivity contribution is 6.06. The Morgan fingerprint density at radius 3 is 2.42 bits per heavy atom. The van der Waals surface area contributed by atoms with Gasteiger partial charge in [-0.25, -0.2) is 4.98 Å². The van der Waals surface area contributed by atoms with Crippen LogP contribution in [0, 0.1) is 5.92 Å². The quantitative estimate of drug-likeness (QED) is 0.417. The first kappa shape index (κ1) is 26.4. The molecule has 10 heteroatoms. The summed E-state index contributed by atoms with van der Waals surface area (Å²) in [4.78, 5) is 58.7. The maximum absolute atomic E-state index is 13.2. The number of nitrogens with zero attached hydrogens (tertiary/aromatic N) is 4. The number of pyridine rings is 1. The van der Waals surface area contributed by atoms with Crippen LogP contribution in [-0.2, 0) is 20.9 Å². The number of piperidine rings is 3. The highest BCUT2D eigenvalue weighted by Gasteiger charge is 2.40. The molecule has 3 fully saturated rings. The molecular weight excluding hydrogens is 510 g/mol. The van der Waals surface area contributed by atoms with Gasteiger partial charge in [-0.1, -0.05) is 6.07 Å². The number of fused-ring (bicyclic) bond motifs is 1. The number of anilines is 2. The van der Waals surface area contributed by atoms with E-state index in [9.17, 15) is 19.2 Å². The van der Waals surface area contributed by atoms with Crippen LogP contribution >= 0.6 is 0 Å². The summed E-state index contributed by atoms with van der Waals surface area (Å²) in [6, 6.07) is 8.95. The van der Waals surface area contributed by atoms with Gasteiger partial charge in [-0.05, 0) is 62.3 Å². The van der Waals surface area contributed by atoms with Crippen LogP contribution in [-0.4, -0.2) is 78.8 Å². The van der Waals surface area contributed by atoms with E-state index in [1.807, 2.05) is 24.3 Å². The maximum atomic E-state index is 13.2. The summed E-state index contributed by atoms with van der Waals surface area (Å²) in [6.07, 6.45) is 7.27. The van der Waals surface area contributed by atoms with Gasteiger partial charge in [0, 0.05) is 74.3 Å². The Hall–Kier alpha value is -3.79. The molecule has 3 amide bonds. The third-order valence-electron chi connectivity index (χ3n) is 8.75. The molecule has 3 saturated heterocycles. The minimum absolute atomic E-state index is 0.135. The van der Waals surface area contributed by atoms with E-state index in [1.165, 1.54) is 0 Å². The molecular formula is C30H35N5O5. The Morgan fingerprint density at radius 1 is 0.950 bits per heavy atom. The molecule has 0 bridgehead atoms. The number of aromatic nitrogens is 1. The Morgan fingerprint density at radius 2 is 1.73 bits per heavy atom. The lowest BCUT2D eigenvalue weighted by Gasteiger charge is -2.36. The fraction of sp³-hybridized carbons (Fsp3) is 0.500. The van der Waals surface area contributed by atoms with Gasteiger partial charge in [0.25, 0.3) is 5.91 Å². The van der Waals surface area contributed by atoms with Crippen molar-refractivity contribution in [3.05, 3.63) is 53.2 Å². The molecule has 1 unspecified atom stereocenters. The molecule has 1 N–H and O–H groups in total. The Balaban J connectivity index is 0.988. The molecule has 0 spiro atoms. The number of carbonyl (C=O) groups excluding carboxylic acids is 4. The number of ether oxygens (including phenoxy) is 1. The van der Waals surface area contributed by atoms with Crippen LogP contribution in [0.1, 0.15) is 64.8 Å². The van der Waals surface area contributed by atoms with Crippen LogP contribution < -0.4 is 15.1 Å². The number of benzene rings is 1. The monoisotopic (exact) mass is 545 g/mol. The second kappa shape index (κ2) is 11.4. The van der Waals surface area contributed by atoms with Crippen LogP contribution in [0.25, 0.3) is 0 Å². The number of imide groups is 1. The first-order valence-corrected chi connectivity index (χ1v) is 14.3. The fourth-order valence-corrected chi connectivity index (χ4v) is 6.38. The predicted molar refractivity (Wildman–Crippen MR) is 148 cm³/mol. The number of hydrogen-bond acceptors (Lipinski definition) is 8. The van der Waals surface area contributed by atoms with Crippen LogP contribution in [0.3, 0.4) is 0 Å². The van der Waals surface area contributed by atoms with Crippen LogP contribution in [0.2, 0.25) is 0 Å². The molecule has 2 aromatic rings. The number of nitrogens with one attached hydrogen (secondary N) is 1. The van der Waals surface area contributed by atoms with Gasteiger partial charge in [0.1, 0.15) is 11.9 Å². The Labute approximate surface area is 233 Å². The fourth-order valence-electron chi connectivity index (χ4n) is 6.38. The second-order valence-corrected chi connectivity index (χ2v) is 11.2. The van der Waals surface area contributed by atoms with Gasteiger partial charge < -0.3 is 19.4 Å². The van der Waals surface area contributed by atoms with Gasteiger partial charge in [0.15, 0.2) is 6.29 Å². The maximum Gasteiger partial charge on any atom is 0.255 e. The molecule has 10 nitrogen and oxygen atoms in total. The molecule has 1 atom stereocenters. The van der Waals surface area contributed by atoms with Gasteiger partial charge in [-0.15, -0.1) is 0 Å². The van der Waals surface area contributed by atoms with Crippen LogP contribution in [0.15, 0.2) is 36.5 Å². The van der Waals surface area contributed by atoms with Gasteiger partial charge in [0.05, 0.1) is 6.10 Å². The third-order valence-corrected chi connectivity index (χ3v) is 8.75. The number of amides is 3. The summed E-state index contributed by atoms with van der Waals surface area (Å²) >= 11 is 0. The first-order chi connectivity index (χ1) is 19.5. The lowest BCUT2D eigenvalue weighted by Crippen LogP contribution is -2.52. The number of carbonyl (C=O) groups is 4. The zero-order chi connectivity index (χ0) is 27.6. The molecule has 40 heavy (non-hydrogen) atoms. The Kier molecular flexibility index (Phi) is 7.51. The number of rotatable bonds is 7. The predicted octanol–water partition coefficient (Wildman–Crippen LogP) is 2.56. The molecule has 210 valence electrons. The zero-order valence-corrected chi connectivity index (χ0v) is 22.6. The lowest BCUT2D eigenvalue weighted by molar-refractivity contribution is -0.136. The average molecular weight is 546 g/mol. The van der Waals surface area contributed by atoms with Crippen molar-refractivity contribution in [2.24, 2.45) is 5.92 Å².